The summed E-state index contributed by atoms with van der Waals surface area (Å²) in [5.74, 6) is 0.159. The van der Waals surface area contributed by atoms with Crippen LogP contribution in [-0.2, 0) is 13.1 Å². The van der Waals surface area contributed by atoms with Gasteiger partial charge in [-0.05, 0) is 23.3 Å². The van der Waals surface area contributed by atoms with Crippen LogP contribution in [0.5, 0.6) is 0 Å². The predicted octanol–water partition coefficient (Wildman–Crippen LogP) is 3.82. The fourth-order valence-corrected chi connectivity index (χ4v) is 3.82. The number of hydrogen-bond donors (Lipinski definition) is 2. The molecule has 0 saturated carbocycles. The van der Waals surface area contributed by atoms with Crippen LogP contribution < -0.4 is 0 Å². The summed E-state index contributed by atoms with van der Waals surface area (Å²) in [5.41, 5.74) is 5.74. The van der Waals surface area contributed by atoms with E-state index in [0.717, 1.165) is 36.5 Å². The van der Waals surface area contributed by atoms with Gasteiger partial charge in [0.1, 0.15) is 0 Å². The van der Waals surface area contributed by atoms with Crippen LogP contribution in [0, 0.1) is 0 Å². The SMILES string of the molecule is OCC1CN(Cc2cn[nH]c2-c2cccc(Cl)c2)Cc2ccccc21. The van der Waals surface area contributed by atoms with E-state index in [1.165, 1.54) is 11.1 Å². The standard InChI is InChI=1S/C20H20ClN3O/c21-18-6-3-5-14(8-18)20-16(9-22-23-20)11-24-10-15-4-1-2-7-19(15)17(12-24)13-25/h1-9,17,25H,10-13H2,(H,22,23). The Morgan fingerprint density at radius 2 is 2.08 bits per heavy atom. The Labute approximate surface area is 152 Å². The number of hydrogen-bond acceptors (Lipinski definition) is 3. The van der Waals surface area contributed by atoms with Gasteiger partial charge in [-0.25, -0.2) is 0 Å². The Bertz CT molecular complexity index is 877. The highest BCUT2D eigenvalue weighted by Gasteiger charge is 2.25. The zero-order valence-corrected chi connectivity index (χ0v) is 14.6. The number of H-pyrrole nitrogens is 1. The van der Waals surface area contributed by atoms with Crippen molar-refractivity contribution in [2.45, 2.75) is 19.0 Å². The molecular formula is C20H20ClN3O. The molecule has 0 radical (unpaired) electrons. The lowest BCUT2D eigenvalue weighted by Gasteiger charge is -2.33. The van der Waals surface area contributed by atoms with Crippen LogP contribution >= 0.6 is 11.6 Å². The smallest absolute Gasteiger partial charge is 0.0695 e. The molecule has 128 valence electrons. The molecule has 2 N–H and O–H groups in total. The highest BCUT2D eigenvalue weighted by atomic mass is 35.5. The summed E-state index contributed by atoms with van der Waals surface area (Å²) in [6, 6.07) is 16.2. The molecule has 4 nitrogen and oxygen atoms in total. The monoisotopic (exact) mass is 353 g/mol. The van der Waals surface area contributed by atoms with Gasteiger partial charge >= 0.3 is 0 Å². The molecule has 3 aromatic rings. The summed E-state index contributed by atoms with van der Waals surface area (Å²) >= 11 is 6.13. The van der Waals surface area contributed by atoms with Crippen molar-refractivity contribution < 1.29 is 5.11 Å². The van der Waals surface area contributed by atoms with Gasteiger partial charge in [-0.3, -0.25) is 10.00 Å². The summed E-state index contributed by atoms with van der Waals surface area (Å²) in [6.45, 7) is 2.67. The second-order valence-corrected chi connectivity index (χ2v) is 6.96. The molecule has 0 spiro atoms. The maximum absolute atomic E-state index is 9.78. The van der Waals surface area contributed by atoms with E-state index in [1.54, 1.807) is 0 Å². The minimum atomic E-state index is 0.159. The van der Waals surface area contributed by atoms with Gasteiger partial charge in [0.05, 0.1) is 18.5 Å². The zero-order valence-electron chi connectivity index (χ0n) is 13.8. The topological polar surface area (TPSA) is 52.1 Å². The van der Waals surface area contributed by atoms with Crippen LogP contribution in [0.1, 0.15) is 22.6 Å². The van der Waals surface area contributed by atoms with Crippen LogP contribution in [0.15, 0.2) is 54.7 Å². The van der Waals surface area contributed by atoms with Gasteiger partial charge in [0.25, 0.3) is 0 Å². The van der Waals surface area contributed by atoms with E-state index >= 15 is 0 Å². The molecule has 0 amide bonds. The molecule has 4 rings (SSSR count). The van der Waals surface area contributed by atoms with Crippen molar-refractivity contribution in [2.24, 2.45) is 0 Å². The molecule has 0 saturated heterocycles. The average molecular weight is 354 g/mol. The molecule has 1 aliphatic rings. The molecule has 5 heteroatoms. The number of rotatable bonds is 4. The summed E-state index contributed by atoms with van der Waals surface area (Å²) < 4.78 is 0. The van der Waals surface area contributed by atoms with Gasteiger partial charge in [-0.1, -0.05) is 48.0 Å². The normalized spacial score (nSPS) is 17.4. The van der Waals surface area contributed by atoms with E-state index in [0.29, 0.717) is 5.02 Å². The van der Waals surface area contributed by atoms with Crippen molar-refractivity contribution >= 4 is 11.6 Å². The average Bonchev–Trinajstić information content (AvgIpc) is 3.09. The van der Waals surface area contributed by atoms with Crippen molar-refractivity contribution in [3.8, 4) is 11.3 Å². The number of nitrogens with zero attached hydrogens (tertiary/aromatic N) is 2. The number of fused-ring (bicyclic) bond motifs is 1. The third-order valence-electron chi connectivity index (χ3n) is 4.81. The first-order chi connectivity index (χ1) is 12.2. The zero-order chi connectivity index (χ0) is 17.2. The Morgan fingerprint density at radius 3 is 2.92 bits per heavy atom. The Kier molecular flexibility index (Phi) is 4.57. The third kappa shape index (κ3) is 3.33. The molecule has 0 fully saturated rings. The maximum Gasteiger partial charge on any atom is 0.0695 e. The van der Waals surface area contributed by atoms with E-state index < -0.39 is 0 Å². The molecule has 1 unspecified atom stereocenters. The largest absolute Gasteiger partial charge is 0.396 e. The summed E-state index contributed by atoms with van der Waals surface area (Å²) in [5, 5.41) is 17.8. The Hall–Kier alpha value is -2.14. The van der Waals surface area contributed by atoms with E-state index in [9.17, 15) is 5.11 Å². The van der Waals surface area contributed by atoms with Gasteiger partial charge in [-0.2, -0.15) is 5.10 Å². The molecule has 2 aromatic carbocycles. The number of aliphatic hydroxyl groups excluding tert-OH is 1. The highest BCUT2D eigenvalue weighted by Crippen LogP contribution is 2.30. The number of nitrogens with one attached hydrogen (secondary N) is 1. The number of halogens is 1. The van der Waals surface area contributed by atoms with E-state index in [2.05, 4.69) is 33.3 Å². The van der Waals surface area contributed by atoms with Crippen LogP contribution in [0.4, 0.5) is 0 Å². The molecular weight excluding hydrogens is 334 g/mol. The van der Waals surface area contributed by atoms with Crippen molar-refractivity contribution in [2.75, 3.05) is 13.2 Å². The quantitative estimate of drug-likeness (QED) is 0.749. The van der Waals surface area contributed by atoms with E-state index in [1.807, 2.05) is 36.5 Å². The molecule has 25 heavy (non-hydrogen) atoms. The summed E-state index contributed by atoms with van der Waals surface area (Å²) in [4.78, 5) is 2.36. The second-order valence-electron chi connectivity index (χ2n) is 6.53. The third-order valence-corrected chi connectivity index (χ3v) is 5.05. The molecule has 1 atom stereocenters. The lowest BCUT2D eigenvalue weighted by atomic mass is 9.90. The van der Waals surface area contributed by atoms with Crippen LogP contribution in [0.25, 0.3) is 11.3 Å². The fourth-order valence-electron chi connectivity index (χ4n) is 3.63. The van der Waals surface area contributed by atoms with Gasteiger partial charge in [0.2, 0.25) is 0 Å². The number of aromatic nitrogens is 2. The van der Waals surface area contributed by atoms with Crippen molar-refractivity contribution in [1.29, 1.82) is 0 Å². The summed E-state index contributed by atoms with van der Waals surface area (Å²) in [7, 11) is 0. The van der Waals surface area contributed by atoms with E-state index in [-0.39, 0.29) is 12.5 Å². The predicted molar refractivity (Wildman–Crippen MR) is 99.4 cm³/mol. The molecule has 0 aliphatic carbocycles. The molecule has 2 heterocycles. The minimum absolute atomic E-state index is 0.159. The lowest BCUT2D eigenvalue weighted by Crippen LogP contribution is -2.34. The first-order valence-corrected chi connectivity index (χ1v) is 8.81. The first-order valence-electron chi connectivity index (χ1n) is 8.44. The van der Waals surface area contributed by atoms with Gasteiger partial charge in [-0.15, -0.1) is 0 Å². The van der Waals surface area contributed by atoms with Crippen LogP contribution in [-0.4, -0.2) is 33.4 Å². The van der Waals surface area contributed by atoms with Gasteiger partial charge in [0.15, 0.2) is 0 Å². The minimum Gasteiger partial charge on any atom is -0.396 e. The Morgan fingerprint density at radius 1 is 1.20 bits per heavy atom. The van der Waals surface area contributed by atoms with Crippen molar-refractivity contribution in [1.82, 2.24) is 15.1 Å². The highest BCUT2D eigenvalue weighted by molar-refractivity contribution is 6.30. The van der Waals surface area contributed by atoms with E-state index in [4.69, 9.17) is 11.6 Å². The van der Waals surface area contributed by atoms with Gasteiger partial charge < -0.3 is 5.11 Å². The Balaban J connectivity index is 1.59. The van der Waals surface area contributed by atoms with Crippen LogP contribution in [0.3, 0.4) is 0 Å². The maximum atomic E-state index is 9.78. The van der Waals surface area contributed by atoms with Gasteiger partial charge in [0, 0.05) is 41.7 Å². The molecule has 1 aromatic heterocycles. The first kappa shape index (κ1) is 16.3. The molecule has 1 aliphatic heterocycles. The second kappa shape index (κ2) is 7.00. The molecule has 0 bridgehead atoms. The fraction of sp³-hybridized carbons (Fsp3) is 0.250. The van der Waals surface area contributed by atoms with Crippen LogP contribution in [0.2, 0.25) is 5.02 Å². The number of benzene rings is 2. The van der Waals surface area contributed by atoms with Crippen molar-refractivity contribution in [3.05, 3.63) is 76.4 Å². The number of aromatic amines is 1. The lowest BCUT2D eigenvalue weighted by molar-refractivity contribution is 0.174. The number of aliphatic hydroxyl groups is 1. The van der Waals surface area contributed by atoms with Crippen molar-refractivity contribution in [3.63, 3.8) is 0 Å². The summed E-state index contributed by atoms with van der Waals surface area (Å²) in [6.07, 6.45) is 1.88.